The third-order valence-corrected chi connectivity index (χ3v) is 4.67. The summed E-state index contributed by atoms with van der Waals surface area (Å²) in [5.41, 5.74) is -0.102. The Morgan fingerprint density at radius 3 is 2.33 bits per heavy atom. The second-order valence-electron chi connectivity index (χ2n) is 4.73. The van der Waals surface area contributed by atoms with Crippen LogP contribution in [0.3, 0.4) is 0 Å². The second kappa shape index (κ2) is 7.41. The lowest BCUT2D eigenvalue weighted by molar-refractivity contribution is -0.142. The van der Waals surface area contributed by atoms with Gasteiger partial charge in [-0.2, -0.15) is 4.72 Å². The molecule has 0 aliphatic carbocycles. The fourth-order valence-electron chi connectivity index (χ4n) is 2.08. The van der Waals surface area contributed by atoms with Crippen molar-refractivity contribution in [3.8, 4) is 0 Å². The Kier molecular flexibility index (Phi) is 5.52. The first-order valence-corrected chi connectivity index (χ1v) is 8.25. The third-order valence-electron chi connectivity index (χ3n) is 3.20. The number of carbonyl (C=O) groups is 1. The summed E-state index contributed by atoms with van der Waals surface area (Å²) >= 11 is 0. The van der Waals surface area contributed by atoms with Crippen LogP contribution in [-0.2, 0) is 19.6 Å². The van der Waals surface area contributed by atoms with Crippen LogP contribution in [0.1, 0.15) is 11.6 Å². The normalized spacial score (nSPS) is 12.5. The van der Waals surface area contributed by atoms with Crippen molar-refractivity contribution in [1.29, 1.82) is 0 Å². The number of hydrogen-bond donors (Lipinski definition) is 2. The molecule has 0 radical (unpaired) electrons. The minimum Gasteiger partial charge on any atom is -0.733 e. The summed E-state index contributed by atoms with van der Waals surface area (Å²) in [6, 6.07) is 11.9. The van der Waals surface area contributed by atoms with E-state index in [9.17, 15) is 18.4 Å². The SMILES string of the molecule is COC(=O)C(NS(=O)(=O)c1ccccc1N([O-])O)c1ccccc1. The minimum absolute atomic E-state index is 0.369. The van der Waals surface area contributed by atoms with Crippen LogP contribution in [0.4, 0.5) is 5.69 Å². The molecule has 24 heavy (non-hydrogen) atoms. The van der Waals surface area contributed by atoms with E-state index in [1.54, 1.807) is 30.3 Å². The van der Waals surface area contributed by atoms with E-state index in [-0.39, 0.29) is 0 Å². The van der Waals surface area contributed by atoms with Gasteiger partial charge < -0.3 is 15.2 Å². The van der Waals surface area contributed by atoms with Gasteiger partial charge in [-0.3, -0.25) is 5.21 Å². The van der Waals surface area contributed by atoms with E-state index in [1.165, 1.54) is 12.1 Å². The summed E-state index contributed by atoms with van der Waals surface area (Å²) in [4.78, 5) is 11.5. The zero-order valence-corrected chi connectivity index (χ0v) is 13.4. The zero-order valence-electron chi connectivity index (χ0n) is 12.6. The highest BCUT2D eigenvalue weighted by Gasteiger charge is 2.29. The first-order chi connectivity index (χ1) is 11.4. The average molecular weight is 351 g/mol. The number of nitrogens with zero attached hydrogens (tertiary/aromatic N) is 1. The molecule has 2 N–H and O–H groups in total. The second-order valence-corrected chi connectivity index (χ2v) is 6.41. The van der Waals surface area contributed by atoms with Gasteiger partial charge in [-0.15, -0.1) is 0 Å². The standard InChI is InChI=1S/C15H15N2O6S/c1-23-15(18)14(11-7-3-2-4-8-11)16-24(21,22)13-10-6-5-9-12(13)17(19)20/h2-10,14,16,19H,1H3/q-1. The number of methoxy groups -OCH3 is 1. The smallest absolute Gasteiger partial charge is 0.328 e. The molecule has 0 aromatic heterocycles. The maximum Gasteiger partial charge on any atom is 0.328 e. The number of hydrogen-bond acceptors (Lipinski definition) is 7. The van der Waals surface area contributed by atoms with Crippen LogP contribution in [0.5, 0.6) is 0 Å². The maximum absolute atomic E-state index is 12.6. The Balaban J connectivity index is 2.44. The molecular formula is C15H15N2O6S-. The molecule has 9 heteroatoms. The van der Waals surface area contributed by atoms with Crippen molar-refractivity contribution < 1.29 is 23.2 Å². The quantitative estimate of drug-likeness (QED) is 0.599. The number of sulfonamides is 1. The molecule has 0 fully saturated rings. The molecule has 1 unspecified atom stereocenters. The van der Waals surface area contributed by atoms with Crippen molar-refractivity contribution in [2.24, 2.45) is 0 Å². The van der Waals surface area contributed by atoms with Gasteiger partial charge in [0.05, 0.1) is 12.8 Å². The first kappa shape index (κ1) is 17.9. The third kappa shape index (κ3) is 3.89. The number of esters is 1. The first-order valence-electron chi connectivity index (χ1n) is 6.77. The highest BCUT2D eigenvalue weighted by Crippen LogP contribution is 2.25. The molecule has 128 valence electrons. The fourth-order valence-corrected chi connectivity index (χ4v) is 3.43. The number of para-hydroxylation sites is 1. The number of ether oxygens (including phenoxy) is 1. The van der Waals surface area contributed by atoms with Gasteiger partial charge in [-0.25, -0.2) is 13.2 Å². The van der Waals surface area contributed by atoms with Crippen LogP contribution in [0, 0.1) is 5.21 Å². The van der Waals surface area contributed by atoms with Crippen molar-refractivity contribution in [2.75, 3.05) is 12.3 Å². The van der Waals surface area contributed by atoms with Gasteiger partial charge >= 0.3 is 5.97 Å². The number of rotatable bonds is 6. The fraction of sp³-hybridized carbons (Fsp3) is 0.133. The van der Waals surface area contributed by atoms with E-state index in [0.29, 0.717) is 5.56 Å². The van der Waals surface area contributed by atoms with Crippen molar-refractivity contribution in [3.63, 3.8) is 0 Å². The van der Waals surface area contributed by atoms with Gasteiger partial charge in [0.25, 0.3) is 0 Å². The molecule has 0 bridgehead atoms. The van der Waals surface area contributed by atoms with Crippen molar-refractivity contribution in [1.82, 2.24) is 4.72 Å². The van der Waals surface area contributed by atoms with Crippen LogP contribution in [-0.4, -0.2) is 26.7 Å². The molecule has 1 atom stereocenters. The van der Waals surface area contributed by atoms with E-state index >= 15 is 0 Å². The lowest BCUT2D eigenvalue weighted by atomic mass is 10.1. The number of anilines is 1. The van der Waals surface area contributed by atoms with E-state index in [2.05, 4.69) is 9.46 Å². The van der Waals surface area contributed by atoms with E-state index < -0.39 is 37.8 Å². The predicted molar refractivity (Wildman–Crippen MR) is 85.6 cm³/mol. The molecule has 0 amide bonds. The number of carbonyl (C=O) groups excluding carboxylic acids is 1. The van der Waals surface area contributed by atoms with E-state index in [0.717, 1.165) is 19.2 Å². The predicted octanol–water partition coefficient (Wildman–Crippen LogP) is 1.57. The molecule has 0 saturated carbocycles. The van der Waals surface area contributed by atoms with Crippen LogP contribution < -0.4 is 9.95 Å². The molecule has 0 aliphatic rings. The van der Waals surface area contributed by atoms with Gasteiger partial charge in [-0.05, 0) is 17.7 Å². The average Bonchev–Trinajstić information content (AvgIpc) is 2.59. The van der Waals surface area contributed by atoms with Crippen molar-refractivity contribution >= 4 is 21.7 Å². The molecule has 0 saturated heterocycles. The van der Waals surface area contributed by atoms with Gasteiger partial charge in [0, 0.05) is 0 Å². The summed E-state index contributed by atoms with van der Waals surface area (Å²) in [7, 11) is -3.16. The summed E-state index contributed by atoms with van der Waals surface area (Å²) in [5, 5.41) is 19.7. The minimum atomic E-state index is -4.29. The molecule has 2 rings (SSSR count). The Morgan fingerprint density at radius 2 is 1.75 bits per heavy atom. The highest BCUT2D eigenvalue weighted by atomic mass is 32.2. The molecule has 0 heterocycles. The highest BCUT2D eigenvalue weighted by molar-refractivity contribution is 7.89. The Labute approximate surface area is 138 Å². The molecule has 2 aromatic carbocycles. The van der Waals surface area contributed by atoms with Gasteiger partial charge in [0.1, 0.15) is 10.9 Å². The van der Waals surface area contributed by atoms with Crippen LogP contribution in [0.15, 0.2) is 59.5 Å². The van der Waals surface area contributed by atoms with E-state index in [4.69, 9.17) is 5.21 Å². The van der Waals surface area contributed by atoms with Crippen molar-refractivity contribution in [3.05, 3.63) is 65.4 Å². The molecular weight excluding hydrogens is 336 g/mol. The molecule has 0 aliphatic heterocycles. The maximum atomic E-state index is 12.6. The monoisotopic (exact) mass is 351 g/mol. The van der Waals surface area contributed by atoms with Gasteiger partial charge in [-0.1, -0.05) is 42.5 Å². The lowest BCUT2D eigenvalue weighted by Crippen LogP contribution is -2.35. The topological polar surface area (TPSA) is 119 Å². The Morgan fingerprint density at radius 1 is 1.17 bits per heavy atom. The summed E-state index contributed by atoms with van der Waals surface area (Å²) < 4.78 is 32.0. The molecule has 8 nitrogen and oxygen atoms in total. The molecule has 2 aromatic rings. The summed E-state index contributed by atoms with van der Waals surface area (Å²) in [5.74, 6) is -0.815. The van der Waals surface area contributed by atoms with E-state index in [1.807, 2.05) is 0 Å². The van der Waals surface area contributed by atoms with Crippen LogP contribution in [0.25, 0.3) is 0 Å². The van der Waals surface area contributed by atoms with Crippen LogP contribution in [0.2, 0.25) is 0 Å². The number of nitrogens with one attached hydrogen (secondary N) is 1. The van der Waals surface area contributed by atoms with Gasteiger partial charge in [0.2, 0.25) is 10.0 Å². The Bertz CT molecular complexity index is 808. The van der Waals surface area contributed by atoms with Crippen molar-refractivity contribution in [2.45, 2.75) is 10.9 Å². The molecule has 0 spiro atoms. The summed E-state index contributed by atoms with van der Waals surface area (Å²) in [6.07, 6.45) is 0. The van der Waals surface area contributed by atoms with Crippen LogP contribution >= 0.6 is 0 Å². The lowest BCUT2D eigenvalue weighted by Gasteiger charge is -2.25. The largest absolute Gasteiger partial charge is 0.733 e. The zero-order chi connectivity index (χ0) is 17.7. The Hall–Kier alpha value is -2.46. The van der Waals surface area contributed by atoms with Gasteiger partial charge in [0.15, 0.2) is 0 Å². The summed E-state index contributed by atoms with van der Waals surface area (Å²) in [6.45, 7) is 0. The number of benzene rings is 2.